The van der Waals surface area contributed by atoms with Crippen LogP contribution in [0.4, 0.5) is 0 Å². The highest BCUT2D eigenvalue weighted by Crippen LogP contribution is 2.28. The third-order valence-electron chi connectivity index (χ3n) is 6.40. The zero-order valence-corrected chi connectivity index (χ0v) is 21.5. The van der Waals surface area contributed by atoms with Crippen molar-refractivity contribution < 1.29 is 0 Å². The Balaban J connectivity index is 1.82. The molecule has 1 aromatic carbocycles. The van der Waals surface area contributed by atoms with Crippen LogP contribution in [0.15, 0.2) is 30.3 Å². The van der Waals surface area contributed by atoms with Crippen molar-refractivity contribution >= 4 is 11.6 Å². The molecule has 0 atom stereocenters. The highest BCUT2D eigenvalue weighted by atomic mass is 35.5. The Hall–Kier alpha value is -0.490. The van der Waals surface area contributed by atoms with Gasteiger partial charge >= 0.3 is 0 Å². The van der Waals surface area contributed by atoms with Gasteiger partial charge in [0.05, 0.1) is 0 Å². The van der Waals surface area contributed by atoms with E-state index in [0.717, 1.165) is 6.42 Å². The van der Waals surface area contributed by atoms with Crippen LogP contribution in [0.2, 0.25) is 0 Å². The Kier molecular flexibility index (Phi) is 14.9. The highest BCUT2D eigenvalue weighted by Gasteiger charge is 2.17. The lowest BCUT2D eigenvalue weighted by Crippen LogP contribution is -2.14. The van der Waals surface area contributed by atoms with E-state index in [1.165, 1.54) is 108 Å². The van der Waals surface area contributed by atoms with E-state index in [-0.39, 0.29) is 4.87 Å². The molecule has 1 rings (SSSR count). The van der Waals surface area contributed by atoms with Gasteiger partial charge in [-0.15, -0.1) is 11.6 Å². The molecule has 0 aliphatic heterocycles. The van der Waals surface area contributed by atoms with Gasteiger partial charge in [0.1, 0.15) is 0 Å². The van der Waals surface area contributed by atoms with Crippen LogP contribution in [0.1, 0.15) is 136 Å². The molecular formula is C29H51Cl. The Morgan fingerprint density at radius 3 is 1.30 bits per heavy atom. The summed E-state index contributed by atoms with van der Waals surface area (Å²) in [6, 6.07) is 11.0. The van der Waals surface area contributed by atoms with Gasteiger partial charge in [0.25, 0.3) is 0 Å². The first-order valence-corrected chi connectivity index (χ1v) is 13.4. The van der Waals surface area contributed by atoms with Crippen LogP contribution in [-0.4, -0.2) is 4.87 Å². The molecule has 0 N–H and O–H groups in total. The van der Waals surface area contributed by atoms with Crippen molar-refractivity contribution in [1.29, 1.82) is 0 Å². The summed E-state index contributed by atoms with van der Waals surface area (Å²) in [6.45, 7) is 9.12. The van der Waals surface area contributed by atoms with Crippen molar-refractivity contribution in [2.45, 2.75) is 142 Å². The van der Waals surface area contributed by atoms with E-state index in [0.29, 0.717) is 5.41 Å². The molecule has 0 saturated heterocycles. The van der Waals surface area contributed by atoms with Gasteiger partial charge in [0, 0.05) is 4.87 Å². The fraction of sp³-hybridized carbons (Fsp3) is 0.793. The van der Waals surface area contributed by atoms with Gasteiger partial charge in [-0.25, -0.2) is 0 Å². The van der Waals surface area contributed by atoms with E-state index >= 15 is 0 Å². The summed E-state index contributed by atoms with van der Waals surface area (Å²) in [4.78, 5) is -0.00104. The molecule has 0 aliphatic carbocycles. The predicted molar refractivity (Wildman–Crippen MR) is 138 cm³/mol. The monoisotopic (exact) mass is 434 g/mol. The van der Waals surface area contributed by atoms with E-state index in [1.54, 1.807) is 0 Å². The quantitative estimate of drug-likeness (QED) is 0.150. The van der Waals surface area contributed by atoms with Crippen LogP contribution in [0.5, 0.6) is 0 Å². The topological polar surface area (TPSA) is 0 Å². The summed E-state index contributed by atoms with van der Waals surface area (Å²) < 4.78 is 0. The lowest BCUT2D eigenvalue weighted by molar-refractivity contribution is 0.316. The third-order valence-corrected chi connectivity index (χ3v) is 6.59. The molecule has 0 radical (unpaired) electrons. The second-order valence-corrected chi connectivity index (χ2v) is 12.0. The maximum absolute atomic E-state index is 6.24. The summed E-state index contributed by atoms with van der Waals surface area (Å²) >= 11 is 6.24. The summed E-state index contributed by atoms with van der Waals surface area (Å²) in [6.07, 6.45) is 23.5. The third kappa shape index (κ3) is 17.2. The summed E-state index contributed by atoms with van der Waals surface area (Å²) in [5, 5.41) is 0. The smallest absolute Gasteiger partial charge is 0.0390 e. The van der Waals surface area contributed by atoms with Crippen molar-refractivity contribution in [3.8, 4) is 0 Å². The number of halogens is 1. The maximum Gasteiger partial charge on any atom is 0.0390 e. The Morgan fingerprint density at radius 1 is 0.533 bits per heavy atom. The Morgan fingerprint density at radius 2 is 0.900 bits per heavy atom. The number of benzene rings is 1. The molecule has 0 aromatic heterocycles. The van der Waals surface area contributed by atoms with Crippen molar-refractivity contribution in [3.63, 3.8) is 0 Å². The Bertz CT molecular complexity index is 497. The average Bonchev–Trinajstić information content (AvgIpc) is 2.67. The summed E-state index contributed by atoms with van der Waals surface area (Å²) in [5.74, 6) is 0. The van der Waals surface area contributed by atoms with E-state index < -0.39 is 0 Å². The molecular weight excluding hydrogens is 384 g/mol. The minimum atomic E-state index is -0.00104. The molecule has 0 saturated carbocycles. The first-order valence-electron chi connectivity index (χ1n) is 13.0. The fourth-order valence-corrected chi connectivity index (χ4v) is 4.64. The normalized spacial score (nSPS) is 12.4. The summed E-state index contributed by atoms with van der Waals surface area (Å²) in [7, 11) is 0. The molecule has 0 aliphatic rings. The number of alkyl halides is 1. The zero-order chi connectivity index (χ0) is 22.1. The molecule has 0 spiro atoms. The molecule has 1 aromatic rings. The number of hydrogen-bond donors (Lipinski definition) is 0. The molecule has 174 valence electrons. The van der Waals surface area contributed by atoms with Gasteiger partial charge in [-0.2, -0.15) is 0 Å². The van der Waals surface area contributed by atoms with Crippen LogP contribution in [0.3, 0.4) is 0 Å². The lowest BCUT2D eigenvalue weighted by atomic mass is 9.81. The molecule has 30 heavy (non-hydrogen) atoms. The van der Waals surface area contributed by atoms with Gasteiger partial charge in [0.2, 0.25) is 0 Å². The van der Waals surface area contributed by atoms with Crippen LogP contribution in [0.25, 0.3) is 0 Å². The average molecular weight is 435 g/mol. The molecule has 1 heteroatoms. The van der Waals surface area contributed by atoms with Crippen molar-refractivity contribution in [3.05, 3.63) is 35.9 Å². The van der Waals surface area contributed by atoms with Crippen LogP contribution in [-0.2, 0) is 6.42 Å². The van der Waals surface area contributed by atoms with E-state index in [1.807, 2.05) is 0 Å². The van der Waals surface area contributed by atoms with Gasteiger partial charge < -0.3 is 0 Å². The molecule has 0 bridgehead atoms. The van der Waals surface area contributed by atoms with Crippen molar-refractivity contribution in [2.24, 2.45) is 5.41 Å². The first-order chi connectivity index (χ1) is 14.3. The number of rotatable bonds is 19. The maximum atomic E-state index is 6.24. The molecule has 0 nitrogen and oxygen atoms in total. The van der Waals surface area contributed by atoms with E-state index in [9.17, 15) is 0 Å². The Labute approximate surface area is 194 Å². The van der Waals surface area contributed by atoms with Crippen molar-refractivity contribution in [1.82, 2.24) is 0 Å². The highest BCUT2D eigenvalue weighted by molar-refractivity contribution is 6.23. The van der Waals surface area contributed by atoms with Crippen LogP contribution in [0, 0.1) is 5.41 Å². The van der Waals surface area contributed by atoms with Gasteiger partial charge in [-0.1, -0.05) is 134 Å². The van der Waals surface area contributed by atoms with Gasteiger partial charge in [-0.3, -0.25) is 0 Å². The first kappa shape index (κ1) is 27.5. The summed E-state index contributed by atoms with van der Waals surface area (Å²) in [5.41, 5.74) is 1.92. The minimum absolute atomic E-state index is 0.00104. The molecule has 0 unspecified atom stereocenters. The SMILES string of the molecule is CC(C)(Cl)CCCCCCCCCCCCCCCCC(C)(C)Cc1ccccc1. The lowest BCUT2D eigenvalue weighted by Gasteiger charge is -2.24. The zero-order valence-electron chi connectivity index (χ0n) is 20.8. The predicted octanol–water partition coefficient (Wildman–Crippen LogP) is 10.5. The minimum Gasteiger partial charge on any atom is -0.120 e. The number of unbranched alkanes of at least 4 members (excludes halogenated alkanes) is 13. The standard InChI is InChI=1S/C29H51Cl/c1-28(2,26-27-22-18-17-19-23-27)24-20-15-13-11-9-7-5-6-8-10-12-14-16-21-25-29(3,4)30/h17-19,22-23H,5-16,20-21,24-26H2,1-4H3. The molecule has 0 heterocycles. The second-order valence-electron chi connectivity index (χ2n) is 11.0. The van der Waals surface area contributed by atoms with Gasteiger partial charge in [0.15, 0.2) is 0 Å². The van der Waals surface area contributed by atoms with Crippen molar-refractivity contribution in [2.75, 3.05) is 0 Å². The number of hydrogen-bond acceptors (Lipinski definition) is 0. The van der Waals surface area contributed by atoms with Gasteiger partial charge in [-0.05, 0) is 44.1 Å². The second kappa shape index (κ2) is 16.2. The molecule has 0 fully saturated rings. The van der Waals surface area contributed by atoms with E-state index in [4.69, 9.17) is 11.6 Å². The fourth-order valence-electron chi connectivity index (χ4n) is 4.51. The largest absolute Gasteiger partial charge is 0.120 e. The van der Waals surface area contributed by atoms with E-state index in [2.05, 4.69) is 58.0 Å². The molecule has 0 amide bonds. The van der Waals surface area contributed by atoms with Crippen LogP contribution < -0.4 is 0 Å². The van der Waals surface area contributed by atoms with Crippen LogP contribution >= 0.6 is 11.6 Å².